The molecule has 37 heavy (non-hydrogen) atoms. The number of thiophene rings is 1. The van der Waals surface area contributed by atoms with Gasteiger partial charge in [0.1, 0.15) is 16.3 Å². The highest BCUT2D eigenvalue weighted by molar-refractivity contribution is 8.07. The van der Waals surface area contributed by atoms with Crippen molar-refractivity contribution in [3.63, 3.8) is 0 Å². The Kier molecular flexibility index (Phi) is 6.90. The fourth-order valence-electron chi connectivity index (χ4n) is 4.25. The first-order chi connectivity index (χ1) is 17.9. The Bertz CT molecular complexity index is 1670. The lowest BCUT2D eigenvalue weighted by molar-refractivity contribution is 0.107. The number of aromatic nitrogens is 3. The molecule has 188 valence electrons. The predicted octanol–water partition coefficient (Wildman–Crippen LogP) is 6.05. The molecule has 9 heteroatoms. The van der Waals surface area contributed by atoms with Gasteiger partial charge in [0.05, 0.1) is 6.54 Å². The number of rotatable bonds is 8. The average molecular weight is 531 g/mol. The van der Waals surface area contributed by atoms with Crippen LogP contribution < -0.4 is 4.72 Å². The molecule has 5 aromatic rings. The quantitative estimate of drug-likeness (QED) is 0.264. The Labute approximate surface area is 219 Å². The number of hydrogen-bond donors (Lipinski definition) is 1. The van der Waals surface area contributed by atoms with Crippen molar-refractivity contribution in [1.29, 1.82) is 0 Å². The van der Waals surface area contributed by atoms with Crippen molar-refractivity contribution < 1.29 is 13.2 Å². The summed E-state index contributed by atoms with van der Waals surface area (Å²) in [6.45, 7) is 4.82. The zero-order valence-electron chi connectivity index (χ0n) is 20.5. The van der Waals surface area contributed by atoms with Crippen LogP contribution in [0.2, 0.25) is 0 Å². The summed E-state index contributed by atoms with van der Waals surface area (Å²) in [5, 5.41) is 1.25. The number of nitrogens with one attached hydrogen (secondary N) is 1. The molecule has 3 heterocycles. The minimum Gasteiger partial charge on any atom is -0.308 e. The van der Waals surface area contributed by atoms with E-state index in [4.69, 9.17) is 4.98 Å². The first-order valence-electron chi connectivity index (χ1n) is 12.0. The summed E-state index contributed by atoms with van der Waals surface area (Å²) in [4.78, 5) is 22.0. The van der Waals surface area contributed by atoms with Gasteiger partial charge in [-0.3, -0.25) is 9.52 Å². The Morgan fingerprint density at radius 1 is 1.03 bits per heavy atom. The Morgan fingerprint density at radius 3 is 2.51 bits per heavy atom. The van der Waals surface area contributed by atoms with E-state index >= 15 is 0 Å². The van der Waals surface area contributed by atoms with E-state index in [1.807, 2.05) is 49.5 Å². The molecular weight excluding hydrogens is 504 g/mol. The number of aryl methyl sites for hydroxylation is 2. The molecule has 0 saturated heterocycles. The van der Waals surface area contributed by atoms with Gasteiger partial charge in [-0.05, 0) is 47.5 Å². The van der Waals surface area contributed by atoms with Crippen molar-refractivity contribution >= 4 is 42.6 Å². The first kappa shape index (κ1) is 24.9. The third-order valence-corrected chi connectivity index (χ3v) is 8.30. The SMILES string of the molecule is CCCc1nc2c(C)ccnc2n1Cc1ccc(-c2ccsc2NS(=O)(=O)C(=O)c2ccccc2)cc1. The molecule has 7 nitrogen and oxygen atoms in total. The molecule has 0 fully saturated rings. The van der Waals surface area contributed by atoms with Crippen LogP contribution in [0.3, 0.4) is 0 Å². The van der Waals surface area contributed by atoms with Crippen LogP contribution >= 0.6 is 11.3 Å². The Balaban J connectivity index is 1.39. The average Bonchev–Trinajstić information content (AvgIpc) is 3.50. The molecule has 3 aromatic heterocycles. The number of carbonyl (C=O) groups is 1. The number of fused-ring (bicyclic) bond motifs is 1. The molecule has 0 spiro atoms. The third kappa shape index (κ3) is 5.05. The van der Waals surface area contributed by atoms with Crippen LogP contribution in [0.5, 0.6) is 0 Å². The van der Waals surface area contributed by atoms with Crippen LogP contribution in [0.15, 0.2) is 78.3 Å². The van der Waals surface area contributed by atoms with Crippen LogP contribution in [0, 0.1) is 6.92 Å². The lowest BCUT2D eigenvalue weighted by Gasteiger charge is -2.11. The first-order valence-corrected chi connectivity index (χ1v) is 14.3. The molecule has 0 saturated carbocycles. The summed E-state index contributed by atoms with van der Waals surface area (Å²) < 4.78 is 30.2. The van der Waals surface area contributed by atoms with Crippen LogP contribution in [0.1, 0.15) is 40.7 Å². The molecule has 0 bridgehead atoms. The molecule has 1 N–H and O–H groups in total. The molecule has 0 aliphatic carbocycles. The van der Waals surface area contributed by atoms with E-state index in [0.29, 0.717) is 11.5 Å². The van der Waals surface area contributed by atoms with Crippen LogP contribution in [-0.4, -0.2) is 28.1 Å². The molecule has 2 aromatic carbocycles. The highest BCUT2D eigenvalue weighted by Gasteiger charge is 2.25. The minimum atomic E-state index is -4.24. The molecule has 0 radical (unpaired) electrons. The number of benzene rings is 2. The van der Waals surface area contributed by atoms with E-state index in [9.17, 15) is 13.2 Å². The maximum Gasteiger partial charge on any atom is 0.301 e. The maximum absolute atomic E-state index is 12.8. The smallest absolute Gasteiger partial charge is 0.301 e. The zero-order chi connectivity index (χ0) is 26.0. The summed E-state index contributed by atoms with van der Waals surface area (Å²) in [7, 11) is -4.24. The third-order valence-electron chi connectivity index (χ3n) is 6.14. The molecule has 0 unspecified atom stereocenters. The monoisotopic (exact) mass is 530 g/mol. The van der Waals surface area contributed by atoms with E-state index in [0.717, 1.165) is 52.1 Å². The van der Waals surface area contributed by atoms with E-state index < -0.39 is 15.1 Å². The van der Waals surface area contributed by atoms with Crippen molar-refractivity contribution in [3.05, 3.63) is 101 Å². The van der Waals surface area contributed by atoms with E-state index in [1.54, 1.807) is 23.6 Å². The van der Waals surface area contributed by atoms with Gasteiger partial charge in [0.2, 0.25) is 0 Å². The highest BCUT2D eigenvalue weighted by atomic mass is 32.2. The summed E-state index contributed by atoms with van der Waals surface area (Å²) in [6, 6.07) is 19.8. The number of pyridine rings is 1. The maximum atomic E-state index is 12.8. The van der Waals surface area contributed by atoms with Gasteiger partial charge in [0.15, 0.2) is 5.65 Å². The van der Waals surface area contributed by atoms with Crippen molar-refractivity contribution in [2.24, 2.45) is 0 Å². The minimum absolute atomic E-state index is 0.122. The number of sulfonamides is 1. The Morgan fingerprint density at radius 2 is 1.78 bits per heavy atom. The number of imidazole rings is 1. The Hall–Kier alpha value is -3.82. The van der Waals surface area contributed by atoms with E-state index in [2.05, 4.69) is 21.2 Å². The van der Waals surface area contributed by atoms with Crippen LogP contribution in [-0.2, 0) is 23.0 Å². The van der Waals surface area contributed by atoms with Crippen molar-refractivity contribution in [2.75, 3.05) is 4.72 Å². The standard InChI is InChI=1S/C28H26N4O3S2/c1-3-7-24-30-25-19(2)14-16-29-26(25)32(24)18-20-10-12-21(13-11-20)23-15-17-36-27(23)31-37(34,35)28(33)22-8-5-4-6-9-22/h4-6,8-17,31H,3,7,18H2,1-2H3. The van der Waals surface area contributed by atoms with Gasteiger partial charge in [-0.2, -0.15) is 8.42 Å². The summed E-state index contributed by atoms with van der Waals surface area (Å²) >= 11 is 1.24. The van der Waals surface area contributed by atoms with Gasteiger partial charge >= 0.3 is 10.0 Å². The molecule has 0 amide bonds. The highest BCUT2D eigenvalue weighted by Crippen LogP contribution is 2.34. The van der Waals surface area contributed by atoms with Crippen LogP contribution in [0.4, 0.5) is 5.00 Å². The predicted molar refractivity (Wildman–Crippen MR) is 148 cm³/mol. The zero-order valence-corrected chi connectivity index (χ0v) is 22.1. The summed E-state index contributed by atoms with van der Waals surface area (Å²) in [5.41, 5.74) is 5.70. The van der Waals surface area contributed by atoms with Crippen molar-refractivity contribution in [3.8, 4) is 11.1 Å². The van der Waals surface area contributed by atoms with Crippen LogP contribution in [0.25, 0.3) is 22.3 Å². The van der Waals surface area contributed by atoms with Gasteiger partial charge in [0, 0.05) is 23.7 Å². The lowest BCUT2D eigenvalue weighted by atomic mass is 10.1. The molecular formula is C28H26N4O3S2. The second-order valence-corrected chi connectivity index (χ2v) is 11.3. The topological polar surface area (TPSA) is 93.9 Å². The number of hydrogen-bond acceptors (Lipinski definition) is 6. The van der Waals surface area contributed by atoms with Crippen molar-refractivity contribution in [2.45, 2.75) is 33.2 Å². The van der Waals surface area contributed by atoms with Gasteiger partial charge in [0.25, 0.3) is 5.12 Å². The van der Waals surface area contributed by atoms with Gasteiger partial charge < -0.3 is 4.57 Å². The van der Waals surface area contributed by atoms with E-state index in [1.165, 1.54) is 23.5 Å². The molecule has 0 aliphatic rings. The fraction of sp³-hybridized carbons (Fsp3) is 0.179. The second-order valence-electron chi connectivity index (χ2n) is 8.78. The number of carbonyl (C=O) groups excluding carboxylic acids is 1. The van der Waals surface area contributed by atoms with Crippen molar-refractivity contribution in [1.82, 2.24) is 14.5 Å². The number of nitrogens with zero attached hydrogens (tertiary/aromatic N) is 3. The van der Waals surface area contributed by atoms with Gasteiger partial charge in [-0.25, -0.2) is 9.97 Å². The largest absolute Gasteiger partial charge is 0.308 e. The number of anilines is 1. The van der Waals surface area contributed by atoms with E-state index in [-0.39, 0.29) is 5.56 Å². The fourth-order valence-corrected chi connectivity index (χ4v) is 6.32. The lowest BCUT2D eigenvalue weighted by Crippen LogP contribution is -2.22. The normalized spacial score (nSPS) is 11.6. The van der Waals surface area contributed by atoms with Gasteiger partial charge in [-0.1, -0.05) is 61.5 Å². The molecule has 0 aliphatic heterocycles. The summed E-state index contributed by atoms with van der Waals surface area (Å²) in [6.07, 6.45) is 3.68. The second kappa shape index (κ2) is 10.3. The summed E-state index contributed by atoms with van der Waals surface area (Å²) in [5.74, 6) is 1.01. The van der Waals surface area contributed by atoms with Gasteiger partial charge in [-0.15, -0.1) is 11.3 Å². The molecule has 0 atom stereocenters. The molecule has 5 rings (SSSR count).